The Labute approximate surface area is 315 Å². The molecular formula is C37H45N3O13S. The molecule has 0 aromatic heterocycles. The molecule has 3 saturated heterocycles. The molecule has 54 heavy (non-hydrogen) atoms. The Morgan fingerprint density at radius 1 is 1.09 bits per heavy atom. The predicted octanol–water partition coefficient (Wildman–Crippen LogP) is 0.917. The number of nitrogens with two attached hydrogens (primary N) is 1. The lowest BCUT2D eigenvalue weighted by Crippen LogP contribution is -2.55. The Hall–Kier alpha value is -3.65. The average Bonchev–Trinajstić information content (AvgIpc) is 3.55. The molecule has 16 nitrogen and oxygen atoms in total. The third-order valence-electron chi connectivity index (χ3n) is 10.8. The molecule has 2 aliphatic carbocycles. The van der Waals surface area contributed by atoms with Crippen molar-refractivity contribution in [3.63, 3.8) is 0 Å². The van der Waals surface area contributed by atoms with Gasteiger partial charge in [-0.25, -0.2) is 0 Å². The van der Waals surface area contributed by atoms with Crippen molar-refractivity contribution in [3.05, 3.63) is 51.6 Å². The van der Waals surface area contributed by atoms with Gasteiger partial charge in [-0.2, -0.15) is 11.8 Å². The monoisotopic (exact) mass is 771 g/mol. The molecule has 17 heteroatoms. The predicted molar refractivity (Wildman–Crippen MR) is 191 cm³/mol. The molecule has 0 unspecified atom stereocenters. The number of morpholine rings is 1. The second-order valence-corrected chi connectivity index (χ2v) is 15.3. The van der Waals surface area contributed by atoms with E-state index in [0.717, 1.165) is 0 Å². The van der Waals surface area contributed by atoms with E-state index in [-0.39, 0.29) is 65.3 Å². The van der Waals surface area contributed by atoms with Gasteiger partial charge in [-0.3, -0.25) is 24.1 Å². The quantitative estimate of drug-likeness (QED) is 0.127. The standard InChI is InChI=1S/C37H45N3O13S/c1-17-33-21(40-9-10-50-35(49-3)34(40)53-33)13-24(51-17)52-23-15-37(47,36(46)39-16-18(41)7-11-54-12-8-38)14-20-26(23)32(45)28-27(30(20)43)29(42)19-5-4-6-22(48-2)25(19)31(28)44/h4-6,17,21,23-24,33-35,43,45,47H,7-16,38H2,1-3H3,(H,39,46)/t17-,21-,23-,24-,33+,34+,35-,37-/m0/s1. The minimum Gasteiger partial charge on any atom is -0.507 e. The third-order valence-corrected chi connectivity index (χ3v) is 11.9. The van der Waals surface area contributed by atoms with Crippen molar-refractivity contribution in [1.29, 1.82) is 0 Å². The maximum Gasteiger partial charge on any atom is 0.252 e. The first-order valence-electron chi connectivity index (χ1n) is 18.0. The topological polar surface area (TPSA) is 226 Å². The van der Waals surface area contributed by atoms with E-state index in [1.165, 1.54) is 44.2 Å². The van der Waals surface area contributed by atoms with Crippen molar-refractivity contribution in [2.24, 2.45) is 5.73 Å². The largest absolute Gasteiger partial charge is 0.507 e. The summed E-state index contributed by atoms with van der Waals surface area (Å²) < 4.78 is 35.7. The summed E-state index contributed by atoms with van der Waals surface area (Å²) in [6.07, 6.45) is -4.82. The number of carbonyl (C=O) groups excluding carboxylic acids is 4. The van der Waals surface area contributed by atoms with E-state index in [9.17, 15) is 34.5 Å². The fourth-order valence-corrected chi connectivity index (χ4v) is 9.05. The van der Waals surface area contributed by atoms with E-state index in [1.807, 2.05) is 6.92 Å². The van der Waals surface area contributed by atoms with Crippen LogP contribution in [-0.2, 0) is 39.7 Å². The highest BCUT2D eigenvalue weighted by atomic mass is 32.2. The van der Waals surface area contributed by atoms with E-state index < -0.39 is 89.6 Å². The molecule has 2 aromatic carbocycles. The van der Waals surface area contributed by atoms with E-state index in [1.54, 1.807) is 0 Å². The molecule has 1 amide bonds. The number of hydrogen-bond acceptors (Lipinski definition) is 16. The zero-order chi connectivity index (χ0) is 38.5. The summed E-state index contributed by atoms with van der Waals surface area (Å²) in [6, 6.07) is 4.24. The van der Waals surface area contributed by atoms with Gasteiger partial charge >= 0.3 is 0 Å². The number of carbonyl (C=O) groups is 4. The summed E-state index contributed by atoms with van der Waals surface area (Å²) in [5.41, 5.74) is 1.98. The van der Waals surface area contributed by atoms with Crippen LogP contribution in [-0.4, -0.2) is 138 Å². The maximum absolute atomic E-state index is 14.1. The highest BCUT2D eigenvalue weighted by molar-refractivity contribution is 7.99. The first kappa shape index (κ1) is 38.6. The van der Waals surface area contributed by atoms with Gasteiger partial charge < -0.3 is 54.8 Å². The smallest absolute Gasteiger partial charge is 0.252 e. The number of Topliss-reactive ketones (excluding diaryl/α,β-unsaturated/α-hetero) is 1. The second kappa shape index (κ2) is 15.5. The molecule has 7 rings (SSSR count). The average molecular weight is 772 g/mol. The molecule has 3 fully saturated rings. The summed E-state index contributed by atoms with van der Waals surface area (Å²) in [4.78, 5) is 56.5. The second-order valence-electron chi connectivity index (χ2n) is 14.1. The van der Waals surface area contributed by atoms with Crippen LogP contribution in [0.2, 0.25) is 0 Å². The number of hydrogen-bond donors (Lipinski definition) is 5. The van der Waals surface area contributed by atoms with Gasteiger partial charge in [0.1, 0.15) is 29.0 Å². The van der Waals surface area contributed by atoms with Crippen LogP contribution in [0.4, 0.5) is 0 Å². The van der Waals surface area contributed by atoms with Crippen LogP contribution in [0.25, 0.3) is 0 Å². The summed E-state index contributed by atoms with van der Waals surface area (Å²) in [7, 11) is 2.88. The first-order chi connectivity index (χ1) is 25.9. The van der Waals surface area contributed by atoms with Crippen molar-refractivity contribution in [3.8, 4) is 17.2 Å². The molecule has 8 atom stereocenters. The number of fused-ring (bicyclic) bond motifs is 6. The number of phenols is 2. The molecule has 6 N–H and O–H groups in total. The van der Waals surface area contributed by atoms with Crippen LogP contribution in [0, 0.1) is 0 Å². The number of nitrogens with one attached hydrogen (secondary N) is 1. The Morgan fingerprint density at radius 3 is 2.61 bits per heavy atom. The number of ketones is 3. The lowest BCUT2D eigenvalue weighted by molar-refractivity contribution is -0.256. The molecule has 2 aromatic rings. The Balaban J connectivity index is 1.23. The van der Waals surface area contributed by atoms with Gasteiger partial charge in [0.05, 0.1) is 49.2 Å². The van der Waals surface area contributed by atoms with E-state index >= 15 is 0 Å². The number of phenolic OH excluding ortho intramolecular Hbond substituents is 2. The normalized spacial score (nSPS) is 30.1. The Kier molecular flexibility index (Phi) is 11.1. The minimum absolute atomic E-state index is 0.0451. The van der Waals surface area contributed by atoms with E-state index in [0.29, 0.717) is 31.2 Å². The molecule has 0 bridgehead atoms. The SMILES string of the molecule is COc1cccc2c1C(=O)c1c(O)c3c(c(O)c1C2=O)C[C@@](O)(C(=O)NCC(=O)CCSCCN)C[C@@H]3O[C@H]1C[C@H]2[C@H](O[C@@H]3[C@@H](OC)OCCN32)[C@H](C)O1. The number of ether oxygens (including phenoxy) is 6. The van der Waals surface area contributed by atoms with Crippen molar-refractivity contribution in [2.75, 3.05) is 52.0 Å². The number of methoxy groups -OCH3 is 2. The third kappa shape index (κ3) is 6.68. The van der Waals surface area contributed by atoms with Gasteiger partial charge in [0.15, 0.2) is 30.4 Å². The number of thioether (sulfide) groups is 1. The molecule has 0 radical (unpaired) electrons. The van der Waals surface area contributed by atoms with Crippen LogP contribution >= 0.6 is 11.8 Å². The number of benzene rings is 2. The fraction of sp³-hybridized carbons (Fsp3) is 0.568. The van der Waals surface area contributed by atoms with Gasteiger partial charge in [0, 0.05) is 80.1 Å². The van der Waals surface area contributed by atoms with Crippen molar-refractivity contribution >= 4 is 35.0 Å². The minimum atomic E-state index is -2.28. The summed E-state index contributed by atoms with van der Waals surface area (Å²) >= 11 is 1.51. The van der Waals surface area contributed by atoms with E-state index in [2.05, 4.69) is 10.2 Å². The molecule has 5 aliphatic rings. The number of rotatable bonds is 12. The molecular weight excluding hydrogens is 726 g/mol. The highest BCUT2D eigenvalue weighted by Gasteiger charge is 2.55. The van der Waals surface area contributed by atoms with Gasteiger partial charge in [-0.1, -0.05) is 12.1 Å². The number of aromatic hydroxyl groups is 2. The number of amides is 1. The van der Waals surface area contributed by atoms with Gasteiger partial charge in [-0.05, 0) is 13.0 Å². The molecule has 0 saturated carbocycles. The van der Waals surface area contributed by atoms with Crippen molar-refractivity contribution in [2.45, 2.75) is 81.4 Å². The van der Waals surface area contributed by atoms with Crippen LogP contribution in [0.1, 0.15) is 75.3 Å². The van der Waals surface area contributed by atoms with Crippen LogP contribution in [0.5, 0.6) is 17.2 Å². The van der Waals surface area contributed by atoms with Crippen molar-refractivity contribution in [1.82, 2.24) is 10.2 Å². The lowest BCUT2D eigenvalue weighted by Gasteiger charge is -2.43. The van der Waals surface area contributed by atoms with Gasteiger partial charge in [0.2, 0.25) is 5.78 Å². The molecule has 3 aliphatic heterocycles. The lowest BCUT2D eigenvalue weighted by atomic mass is 9.72. The molecule has 3 heterocycles. The van der Waals surface area contributed by atoms with Crippen LogP contribution in [0.15, 0.2) is 18.2 Å². The van der Waals surface area contributed by atoms with Crippen molar-refractivity contribution < 1.29 is 62.9 Å². The maximum atomic E-state index is 14.1. The zero-order valence-electron chi connectivity index (χ0n) is 30.2. The number of nitrogens with zero attached hydrogens (tertiary/aromatic N) is 1. The summed E-state index contributed by atoms with van der Waals surface area (Å²) in [6.45, 7) is 2.91. The van der Waals surface area contributed by atoms with Gasteiger partial charge in [-0.15, -0.1) is 0 Å². The highest BCUT2D eigenvalue weighted by Crippen LogP contribution is 2.53. The fourth-order valence-electron chi connectivity index (χ4n) is 8.31. The summed E-state index contributed by atoms with van der Waals surface area (Å²) in [5, 5.41) is 38.4. The molecule has 292 valence electrons. The Bertz CT molecular complexity index is 1840. The van der Waals surface area contributed by atoms with Gasteiger partial charge in [0.25, 0.3) is 5.91 Å². The Morgan fingerprint density at radius 2 is 1.87 bits per heavy atom. The zero-order valence-corrected chi connectivity index (χ0v) is 31.0. The van der Waals surface area contributed by atoms with E-state index in [4.69, 9.17) is 34.2 Å². The summed E-state index contributed by atoms with van der Waals surface area (Å²) in [5.74, 6) is -2.69. The van der Waals surface area contributed by atoms with Crippen LogP contribution in [0.3, 0.4) is 0 Å². The van der Waals surface area contributed by atoms with Crippen LogP contribution < -0.4 is 15.8 Å². The number of aliphatic hydroxyl groups is 1. The first-order valence-corrected chi connectivity index (χ1v) is 19.1. The molecule has 0 spiro atoms.